The van der Waals surface area contributed by atoms with Crippen LogP contribution in [0.4, 0.5) is 0 Å². The van der Waals surface area contributed by atoms with Gasteiger partial charge in [-0.25, -0.2) is 0 Å². The summed E-state index contributed by atoms with van der Waals surface area (Å²) < 4.78 is 0. The fourth-order valence-electron chi connectivity index (χ4n) is 2.56. The molecule has 0 heterocycles. The van der Waals surface area contributed by atoms with Gasteiger partial charge in [0.15, 0.2) is 0 Å². The summed E-state index contributed by atoms with van der Waals surface area (Å²) in [6.07, 6.45) is 4.96. The number of hydrogen-bond donors (Lipinski definition) is 0. The Hall–Kier alpha value is -0.443. The SMILES string of the molecule is CCCN(CCC)C(=C(C)[SiH3])N(CCC)CCC. The van der Waals surface area contributed by atoms with Gasteiger partial charge in [0.25, 0.3) is 0 Å². The smallest absolute Gasteiger partial charge is 0.0977 e. The van der Waals surface area contributed by atoms with Gasteiger partial charge in [-0.05, 0) is 32.6 Å². The molecule has 0 aromatic heterocycles. The van der Waals surface area contributed by atoms with Crippen molar-refractivity contribution in [3.05, 3.63) is 11.0 Å². The second-order valence-electron chi connectivity index (χ2n) is 5.30. The van der Waals surface area contributed by atoms with Crippen molar-refractivity contribution in [3.63, 3.8) is 0 Å². The van der Waals surface area contributed by atoms with Crippen LogP contribution in [0.5, 0.6) is 0 Å². The molecule has 108 valence electrons. The molecule has 0 spiro atoms. The first-order valence-electron chi connectivity index (χ1n) is 7.79. The van der Waals surface area contributed by atoms with Crippen LogP contribution < -0.4 is 0 Å². The first-order valence-corrected chi connectivity index (χ1v) is 8.79. The molecule has 0 aliphatic heterocycles. The molecule has 0 aromatic rings. The Labute approximate surface area is 118 Å². The predicted octanol–water partition coefficient (Wildman–Crippen LogP) is 2.78. The molecule has 18 heavy (non-hydrogen) atoms. The van der Waals surface area contributed by atoms with Crippen molar-refractivity contribution in [3.8, 4) is 0 Å². The van der Waals surface area contributed by atoms with E-state index in [1.54, 1.807) is 11.0 Å². The van der Waals surface area contributed by atoms with Gasteiger partial charge < -0.3 is 9.80 Å². The van der Waals surface area contributed by atoms with Gasteiger partial charge in [-0.15, -0.1) is 0 Å². The Kier molecular flexibility index (Phi) is 10.2. The van der Waals surface area contributed by atoms with Gasteiger partial charge in [0.2, 0.25) is 0 Å². The lowest BCUT2D eigenvalue weighted by Crippen LogP contribution is -2.38. The Morgan fingerprint density at radius 3 is 1.17 bits per heavy atom. The van der Waals surface area contributed by atoms with Crippen molar-refractivity contribution in [2.24, 2.45) is 0 Å². The van der Waals surface area contributed by atoms with Crippen molar-refractivity contribution in [2.45, 2.75) is 60.3 Å². The third-order valence-corrected chi connectivity index (χ3v) is 3.47. The number of hydrogen-bond acceptors (Lipinski definition) is 2. The second-order valence-corrected chi connectivity index (χ2v) is 6.80. The van der Waals surface area contributed by atoms with Crippen LogP contribution in [0.25, 0.3) is 0 Å². The maximum Gasteiger partial charge on any atom is 0.0977 e. The molecule has 0 N–H and O–H groups in total. The van der Waals surface area contributed by atoms with Crippen LogP contribution in [0.1, 0.15) is 60.3 Å². The van der Waals surface area contributed by atoms with E-state index in [2.05, 4.69) is 44.4 Å². The summed E-state index contributed by atoms with van der Waals surface area (Å²) in [5.74, 6) is 1.55. The van der Waals surface area contributed by atoms with Gasteiger partial charge in [0, 0.05) is 36.4 Å². The normalized spacial score (nSPS) is 10.5. The van der Waals surface area contributed by atoms with E-state index in [0.29, 0.717) is 0 Å². The van der Waals surface area contributed by atoms with E-state index in [4.69, 9.17) is 0 Å². The highest BCUT2D eigenvalue weighted by molar-refractivity contribution is 6.21. The van der Waals surface area contributed by atoms with E-state index in [9.17, 15) is 0 Å². The van der Waals surface area contributed by atoms with Crippen molar-refractivity contribution >= 4 is 10.2 Å². The second kappa shape index (κ2) is 10.5. The molecule has 0 saturated heterocycles. The Bertz CT molecular complexity index is 205. The molecule has 0 fully saturated rings. The molecule has 0 bridgehead atoms. The van der Waals surface area contributed by atoms with Gasteiger partial charge >= 0.3 is 0 Å². The lowest BCUT2D eigenvalue weighted by molar-refractivity contribution is 0.206. The van der Waals surface area contributed by atoms with Crippen molar-refractivity contribution in [1.29, 1.82) is 0 Å². The highest BCUT2D eigenvalue weighted by Crippen LogP contribution is 2.16. The molecule has 0 saturated carbocycles. The lowest BCUT2D eigenvalue weighted by atomic mass is 10.3. The van der Waals surface area contributed by atoms with Crippen molar-refractivity contribution in [1.82, 2.24) is 9.80 Å². The summed E-state index contributed by atoms with van der Waals surface area (Å²) in [5.41, 5.74) is 0. The highest BCUT2D eigenvalue weighted by Gasteiger charge is 2.15. The van der Waals surface area contributed by atoms with E-state index >= 15 is 0 Å². The minimum Gasteiger partial charge on any atom is -0.359 e. The summed E-state index contributed by atoms with van der Waals surface area (Å²) in [5, 5.41) is 1.60. The van der Waals surface area contributed by atoms with Gasteiger partial charge in [-0.2, -0.15) is 0 Å². The quantitative estimate of drug-likeness (QED) is 0.563. The van der Waals surface area contributed by atoms with Gasteiger partial charge in [-0.1, -0.05) is 32.9 Å². The summed E-state index contributed by atoms with van der Waals surface area (Å²) >= 11 is 0. The molecule has 0 aliphatic carbocycles. The fraction of sp³-hybridized carbons (Fsp3) is 0.867. The Morgan fingerprint density at radius 2 is 1.00 bits per heavy atom. The van der Waals surface area contributed by atoms with Crippen molar-refractivity contribution in [2.75, 3.05) is 26.2 Å². The molecular weight excluding hydrogens is 236 g/mol. The summed E-state index contributed by atoms with van der Waals surface area (Å²) in [7, 11) is 1.17. The van der Waals surface area contributed by atoms with Crippen LogP contribution in [0, 0.1) is 0 Å². The molecule has 3 heteroatoms. The topological polar surface area (TPSA) is 6.48 Å². The molecule has 0 aromatic carbocycles. The molecule has 0 aliphatic rings. The van der Waals surface area contributed by atoms with Crippen LogP contribution in [-0.4, -0.2) is 46.2 Å². The molecule has 0 unspecified atom stereocenters. The zero-order chi connectivity index (χ0) is 14.0. The minimum atomic E-state index is 1.17. The molecule has 0 atom stereocenters. The first-order chi connectivity index (χ1) is 8.62. The van der Waals surface area contributed by atoms with E-state index in [0.717, 1.165) is 0 Å². The zero-order valence-corrected chi connectivity index (χ0v) is 15.6. The third-order valence-electron chi connectivity index (χ3n) is 3.02. The van der Waals surface area contributed by atoms with Crippen LogP contribution in [-0.2, 0) is 0 Å². The number of rotatable bonds is 10. The van der Waals surface area contributed by atoms with E-state index in [1.807, 2.05) is 0 Å². The molecule has 0 radical (unpaired) electrons. The zero-order valence-electron chi connectivity index (χ0n) is 13.6. The monoisotopic (exact) mass is 270 g/mol. The molecule has 0 rings (SSSR count). The number of nitrogens with zero attached hydrogens (tertiary/aromatic N) is 2. The van der Waals surface area contributed by atoms with E-state index in [-0.39, 0.29) is 0 Å². The average molecular weight is 271 g/mol. The third kappa shape index (κ3) is 5.94. The predicted molar refractivity (Wildman–Crippen MR) is 86.9 cm³/mol. The lowest BCUT2D eigenvalue weighted by Gasteiger charge is -2.37. The summed E-state index contributed by atoms with van der Waals surface area (Å²) in [6, 6.07) is 0. The molecular formula is C15H34N2Si. The molecule has 0 amide bonds. The first kappa shape index (κ1) is 17.6. The van der Waals surface area contributed by atoms with Gasteiger partial charge in [0.1, 0.15) is 0 Å². The molecule has 2 nitrogen and oxygen atoms in total. The van der Waals surface area contributed by atoms with Gasteiger partial charge in [-0.3, -0.25) is 0 Å². The summed E-state index contributed by atoms with van der Waals surface area (Å²) in [6.45, 7) is 16.3. The maximum atomic E-state index is 2.62. The van der Waals surface area contributed by atoms with Crippen LogP contribution in [0.2, 0.25) is 0 Å². The van der Waals surface area contributed by atoms with Gasteiger partial charge in [0.05, 0.1) is 5.82 Å². The average Bonchev–Trinajstić information content (AvgIpc) is 2.30. The van der Waals surface area contributed by atoms with E-state index < -0.39 is 0 Å². The van der Waals surface area contributed by atoms with Crippen LogP contribution in [0.3, 0.4) is 0 Å². The fourth-order valence-corrected chi connectivity index (χ4v) is 3.19. The number of allylic oxidation sites excluding steroid dienone is 1. The van der Waals surface area contributed by atoms with Crippen molar-refractivity contribution < 1.29 is 0 Å². The minimum absolute atomic E-state index is 1.17. The Balaban J connectivity index is 5.03. The van der Waals surface area contributed by atoms with Crippen LogP contribution >= 0.6 is 0 Å². The maximum absolute atomic E-state index is 2.62. The van der Waals surface area contributed by atoms with Crippen LogP contribution in [0.15, 0.2) is 11.0 Å². The largest absolute Gasteiger partial charge is 0.359 e. The van der Waals surface area contributed by atoms with E-state index in [1.165, 1.54) is 62.1 Å². The standard InChI is InChI=1S/C15H34N2Si/c1-6-10-16(11-7-2)15(14(5)18)17(12-8-3)13-9-4/h6-13H2,1-5,18H3. The highest BCUT2D eigenvalue weighted by atomic mass is 28.1. The summed E-state index contributed by atoms with van der Waals surface area (Å²) in [4.78, 5) is 5.24. The Morgan fingerprint density at radius 1 is 0.722 bits per heavy atom.